The maximum absolute atomic E-state index is 13.4. The first kappa shape index (κ1) is 22.9. The summed E-state index contributed by atoms with van der Waals surface area (Å²) in [5, 5.41) is 0. The molecule has 2 aromatic carbocycles. The molecule has 0 saturated carbocycles. The topological polar surface area (TPSA) is 80.7 Å². The first-order valence-corrected chi connectivity index (χ1v) is 11.6. The van der Waals surface area contributed by atoms with Crippen molar-refractivity contribution in [3.8, 4) is 0 Å². The molecule has 0 radical (unpaired) electrons. The lowest BCUT2D eigenvalue weighted by Crippen LogP contribution is -2.34. The van der Waals surface area contributed by atoms with Crippen LogP contribution in [0.25, 0.3) is 5.65 Å². The van der Waals surface area contributed by atoms with Crippen molar-refractivity contribution in [2.45, 2.75) is 19.4 Å². The number of hydrogen-bond donors (Lipinski definition) is 1. The average molecular weight is 505 g/mol. The number of hydrogen-bond acceptors (Lipinski definition) is 4. The number of carbonyl (C=O) groups excluding carboxylic acids is 1. The summed E-state index contributed by atoms with van der Waals surface area (Å²) in [5.41, 5.74) is 8.98. The molecule has 2 aromatic heterocycles. The minimum absolute atomic E-state index is 0.114. The van der Waals surface area contributed by atoms with Gasteiger partial charge in [-0.3, -0.25) is 14.0 Å². The Balaban J connectivity index is 1.76. The van der Waals surface area contributed by atoms with Crippen LogP contribution in [0.2, 0.25) is 0 Å². The van der Waals surface area contributed by atoms with E-state index < -0.39 is 0 Å². The first-order chi connectivity index (χ1) is 16.1. The van der Waals surface area contributed by atoms with Crippen molar-refractivity contribution in [3.63, 3.8) is 0 Å². The predicted octanol–water partition coefficient (Wildman–Crippen LogP) is 4.04. The number of fused-ring (bicyclic) bond motifs is 1. The smallest absolute Gasteiger partial charge is 0.261 e. The second kappa shape index (κ2) is 10.6. The Kier molecular flexibility index (Phi) is 7.32. The van der Waals surface area contributed by atoms with E-state index in [1.165, 1.54) is 0 Å². The van der Waals surface area contributed by atoms with E-state index in [-0.39, 0.29) is 18.0 Å². The van der Waals surface area contributed by atoms with Crippen LogP contribution in [0.4, 0.5) is 0 Å². The Morgan fingerprint density at radius 2 is 1.73 bits per heavy atom. The van der Waals surface area contributed by atoms with Gasteiger partial charge in [-0.25, -0.2) is 4.98 Å². The molecule has 0 unspecified atom stereocenters. The van der Waals surface area contributed by atoms with Crippen molar-refractivity contribution in [2.75, 3.05) is 13.1 Å². The number of halogens is 1. The van der Waals surface area contributed by atoms with Gasteiger partial charge in [0, 0.05) is 34.8 Å². The minimum Gasteiger partial charge on any atom is -0.333 e. The van der Waals surface area contributed by atoms with Crippen LogP contribution in [-0.2, 0) is 13.0 Å². The van der Waals surface area contributed by atoms with E-state index in [0.29, 0.717) is 48.4 Å². The molecule has 1 amide bonds. The third-order valence-corrected chi connectivity index (χ3v) is 6.02. The van der Waals surface area contributed by atoms with E-state index in [4.69, 9.17) is 10.7 Å². The van der Waals surface area contributed by atoms with Crippen LogP contribution in [0.15, 0.2) is 88.3 Å². The van der Waals surface area contributed by atoms with Crippen LogP contribution in [0, 0.1) is 0 Å². The van der Waals surface area contributed by atoms with Crippen LogP contribution in [0.3, 0.4) is 0 Å². The second-order valence-electron chi connectivity index (χ2n) is 7.81. The van der Waals surface area contributed by atoms with Gasteiger partial charge < -0.3 is 10.6 Å². The van der Waals surface area contributed by atoms with Gasteiger partial charge in [-0.05, 0) is 54.9 Å². The zero-order valence-electron chi connectivity index (χ0n) is 18.2. The van der Waals surface area contributed by atoms with Crippen molar-refractivity contribution in [3.05, 3.63) is 116 Å². The molecule has 0 aliphatic rings. The van der Waals surface area contributed by atoms with Gasteiger partial charge in [-0.15, -0.1) is 0 Å². The largest absolute Gasteiger partial charge is 0.333 e. The molecular formula is C26H25BrN4O2. The number of benzene rings is 2. The SMILES string of the molecule is NCCCN(Cc1nc2ccccn2c(=O)c1Cc1ccccc1)C(=O)c1ccc(Br)cc1. The zero-order chi connectivity index (χ0) is 23.2. The molecule has 6 nitrogen and oxygen atoms in total. The summed E-state index contributed by atoms with van der Waals surface area (Å²) in [4.78, 5) is 33.3. The molecule has 0 atom stereocenters. The fraction of sp³-hybridized carbons (Fsp3) is 0.192. The maximum atomic E-state index is 13.4. The van der Waals surface area contributed by atoms with Crippen molar-refractivity contribution >= 4 is 27.5 Å². The third kappa shape index (κ3) is 5.38. The molecule has 0 saturated heterocycles. The van der Waals surface area contributed by atoms with Crippen LogP contribution < -0.4 is 11.3 Å². The number of pyridine rings is 1. The van der Waals surface area contributed by atoms with Gasteiger partial charge in [0.05, 0.1) is 12.2 Å². The van der Waals surface area contributed by atoms with Crippen molar-refractivity contribution in [1.29, 1.82) is 0 Å². The summed E-state index contributed by atoms with van der Waals surface area (Å²) in [5.74, 6) is -0.114. The van der Waals surface area contributed by atoms with Crippen LogP contribution >= 0.6 is 15.9 Å². The molecule has 4 rings (SSSR count). The van der Waals surface area contributed by atoms with Gasteiger partial charge in [0.1, 0.15) is 5.65 Å². The Morgan fingerprint density at radius 3 is 2.45 bits per heavy atom. The summed E-state index contributed by atoms with van der Waals surface area (Å²) >= 11 is 3.41. The Hall–Kier alpha value is -3.29. The Morgan fingerprint density at radius 1 is 1.00 bits per heavy atom. The molecule has 4 aromatic rings. The van der Waals surface area contributed by atoms with Crippen molar-refractivity contribution in [1.82, 2.24) is 14.3 Å². The number of aromatic nitrogens is 2. The van der Waals surface area contributed by atoms with E-state index in [0.717, 1.165) is 10.0 Å². The average Bonchev–Trinajstić information content (AvgIpc) is 2.84. The maximum Gasteiger partial charge on any atom is 0.261 e. The van der Waals surface area contributed by atoms with E-state index in [1.54, 1.807) is 33.7 Å². The molecule has 0 spiro atoms. The summed E-state index contributed by atoms with van der Waals surface area (Å²) < 4.78 is 2.46. The van der Waals surface area contributed by atoms with E-state index in [2.05, 4.69) is 15.9 Å². The standard InChI is InChI=1S/C26H25BrN4O2/c27-21-12-10-20(11-13-21)25(32)30(15-6-14-28)18-23-22(17-19-7-2-1-3-8-19)26(33)31-16-5-4-9-24(31)29-23/h1-5,7-13,16H,6,14-15,17-18,28H2. The fourth-order valence-corrected chi connectivity index (χ4v) is 4.03. The van der Waals surface area contributed by atoms with Gasteiger partial charge in [-0.1, -0.05) is 52.3 Å². The number of rotatable bonds is 8. The Bertz CT molecular complexity index is 1300. The highest BCUT2D eigenvalue weighted by atomic mass is 79.9. The molecule has 33 heavy (non-hydrogen) atoms. The number of nitrogens with zero attached hydrogens (tertiary/aromatic N) is 3. The lowest BCUT2D eigenvalue weighted by atomic mass is 10.0. The summed E-state index contributed by atoms with van der Waals surface area (Å²) in [6.07, 6.45) is 2.82. The quantitative estimate of drug-likeness (QED) is 0.392. The van der Waals surface area contributed by atoms with E-state index in [9.17, 15) is 9.59 Å². The Labute approximate surface area is 200 Å². The van der Waals surface area contributed by atoms with Gasteiger partial charge >= 0.3 is 0 Å². The third-order valence-electron chi connectivity index (χ3n) is 5.49. The number of nitrogens with two attached hydrogens (primary N) is 1. The van der Waals surface area contributed by atoms with Gasteiger partial charge in [0.15, 0.2) is 0 Å². The van der Waals surface area contributed by atoms with Crippen LogP contribution in [0.5, 0.6) is 0 Å². The van der Waals surface area contributed by atoms with E-state index in [1.807, 2.05) is 54.6 Å². The normalized spacial score (nSPS) is 11.0. The molecule has 168 valence electrons. The molecule has 0 aliphatic heterocycles. The highest BCUT2D eigenvalue weighted by Crippen LogP contribution is 2.17. The fourth-order valence-electron chi connectivity index (χ4n) is 3.77. The molecule has 0 fully saturated rings. The number of carbonyl (C=O) groups is 1. The van der Waals surface area contributed by atoms with Gasteiger partial charge in [0.2, 0.25) is 0 Å². The summed E-state index contributed by atoms with van der Waals surface area (Å²) in [7, 11) is 0. The molecular weight excluding hydrogens is 480 g/mol. The molecule has 2 heterocycles. The highest BCUT2D eigenvalue weighted by Gasteiger charge is 2.21. The molecule has 0 bridgehead atoms. The molecule has 7 heteroatoms. The lowest BCUT2D eigenvalue weighted by molar-refractivity contribution is 0.0740. The predicted molar refractivity (Wildman–Crippen MR) is 133 cm³/mol. The van der Waals surface area contributed by atoms with Crippen molar-refractivity contribution < 1.29 is 4.79 Å². The highest BCUT2D eigenvalue weighted by molar-refractivity contribution is 9.10. The second-order valence-corrected chi connectivity index (χ2v) is 8.72. The van der Waals surface area contributed by atoms with Gasteiger partial charge in [0.25, 0.3) is 11.5 Å². The summed E-state index contributed by atoms with van der Waals surface area (Å²) in [6.45, 7) is 1.18. The summed E-state index contributed by atoms with van der Waals surface area (Å²) in [6, 6.07) is 22.5. The number of amides is 1. The van der Waals surface area contributed by atoms with E-state index >= 15 is 0 Å². The zero-order valence-corrected chi connectivity index (χ0v) is 19.7. The molecule has 0 aliphatic carbocycles. The van der Waals surface area contributed by atoms with Crippen LogP contribution in [0.1, 0.15) is 33.6 Å². The van der Waals surface area contributed by atoms with Crippen LogP contribution in [-0.4, -0.2) is 33.3 Å². The van der Waals surface area contributed by atoms with Gasteiger partial charge in [-0.2, -0.15) is 0 Å². The molecule has 2 N–H and O–H groups in total. The lowest BCUT2D eigenvalue weighted by Gasteiger charge is -2.24. The monoisotopic (exact) mass is 504 g/mol. The van der Waals surface area contributed by atoms with Crippen molar-refractivity contribution in [2.24, 2.45) is 5.73 Å². The minimum atomic E-state index is -0.116. The first-order valence-electron chi connectivity index (χ1n) is 10.8.